The standard InChI is InChI=1S/C19H22BrN/c1-13(2)16-9-7-10-17(14(3)4)19(16)21-12-15-8-5-6-11-18(15)20/h5-14H,1-4H3. The van der Waals surface area contributed by atoms with Gasteiger partial charge in [0.25, 0.3) is 0 Å². The van der Waals surface area contributed by atoms with Crippen LogP contribution in [-0.4, -0.2) is 6.21 Å². The molecule has 0 aromatic heterocycles. The van der Waals surface area contributed by atoms with E-state index in [1.165, 1.54) is 11.1 Å². The molecule has 0 heterocycles. The quantitative estimate of drug-likeness (QED) is 0.566. The maximum atomic E-state index is 4.82. The lowest BCUT2D eigenvalue weighted by atomic mass is 9.93. The zero-order valence-corrected chi connectivity index (χ0v) is 14.7. The number of aliphatic imine (C=N–C) groups is 1. The molecule has 110 valence electrons. The fraction of sp³-hybridized carbons (Fsp3) is 0.316. The van der Waals surface area contributed by atoms with E-state index < -0.39 is 0 Å². The van der Waals surface area contributed by atoms with E-state index >= 15 is 0 Å². The summed E-state index contributed by atoms with van der Waals surface area (Å²) in [6, 6.07) is 14.7. The number of nitrogens with zero attached hydrogens (tertiary/aromatic N) is 1. The van der Waals surface area contributed by atoms with Crippen molar-refractivity contribution in [3.63, 3.8) is 0 Å². The molecule has 0 aliphatic carbocycles. The van der Waals surface area contributed by atoms with E-state index in [0.717, 1.165) is 15.7 Å². The summed E-state index contributed by atoms with van der Waals surface area (Å²) in [6.07, 6.45) is 1.96. The normalized spacial score (nSPS) is 11.8. The summed E-state index contributed by atoms with van der Waals surface area (Å²) >= 11 is 3.57. The summed E-state index contributed by atoms with van der Waals surface area (Å²) in [6.45, 7) is 8.88. The van der Waals surface area contributed by atoms with Gasteiger partial charge in [-0.1, -0.05) is 80.0 Å². The topological polar surface area (TPSA) is 12.4 Å². The zero-order chi connectivity index (χ0) is 15.4. The molecule has 0 bridgehead atoms. The molecule has 2 rings (SSSR count). The number of benzene rings is 2. The number of halogens is 1. The van der Waals surface area contributed by atoms with Crippen LogP contribution in [0, 0.1) is 0 Å². The van der Waals surface area contributed by atoms with Gasteiger partial charge in [0.1, 0.15) is 0 Å². The SMILES string of the molecule is CC(C)c1cccc(C(C)C)c1N=Cc1ccccc1Br. The predicted molar refractivity (Wildman–Crippen MR) is 96.0 cm³/mol. The van der Waals surface area contributed by atoms with Gasteiger partial charge in [0.15, 0.2) is 0 Å². The number of para-hydroxylation sites is 1. The van der Waals surface area contributed by atoms with E-state index in [0.29, 0.717) is 11.8 Å². The average molecular weight is 344 g/mol. The maximum absolute atomic E-state index is 4.82. The van der Waals surface area contributed by atoms with Crippen LogP contribution in [0.1, 0.15) is 56.2 Å². The molecule has 0 unspecified atom stereocenters. The summed E-state index contributed by atoms with van der Waals surface area (Å²) in [5.41, 5.74) is 4.85. The van der Waals surface area contributed by atoms with Crippen LogP contribution in [-0.2, 0) is 0 Å². The summed E-state index contributed by atoms with van der Waals surface area (Å²) in [7, 11) is 0. The first kappa shape index (κ1) is 16.0. The van der Waals surface area contributed by atoms with Crippen molar-refractivity contribution in [1.29, 1.82) is 0 Å². The summed E-state index contributed by atoms with van der Waals surface area (Å²) < 4.78 is 1.07. The minimum absolute atomic E-state index is 0.468. The van der Waals surface area contributed by atoms with Crippen molar-refractivity contribution in [1.82, 2.24) is 0 Å². The minimum atomic E-state index is 0.468. The highest BCUT2D eigenvalue weighted by atomic mass is 79.9. The Morgan fingerprint density at radius 3 is 1.95 bits per heavy atom. The van der Waals surface area contributed by atoms with E-state index in [-0.39, 0.29) is 0 Å². The van der Waals surface area contributed by atoms with Crippen molar-refractivity contribution in [3.05, 3.63) is 63.6 Å². The van der Waals surface area contributed by atoms with Gasteiger partial charge in [-0.15, -0.1) is 0 Å². The van der Waals surface area contributed by atoms with Crippen molar-refractivity contribution in [2.45, 2.75) is 39.5 Å². The van der Waals surface area contributed by atoms with Crippen LogP contribution in [0.25, 0.3) is 0 Å². The van der Waals surface area contributed by atoms with E-state index in [4.69, 9.17) is 4.99 Å². The third-order valence-corrected chi connectivity index (χ3v) is 4.30. The molecule has 1 nitrogen and oxygen atoms in total. The van der Waals surface area contributed by atoms with Crippen LogP contribution in [0.2, 0.25) is 0 Å². The molecule has 0 aliphatic rings. The molecule has 0 N–H and O–H groups in total. The van der Waals surface area contributed by atoms with Gasteiger partial charge in [-0.3, -0.25) is 4.99 Å². The Morgan fingerprint density at radius 2 is 1.43 bits per heavy atom. The molecule has 2 heteroatoms. The molecule has 2 aromatic carbocycles. The second-order valence-corrected chi connectivity index (χ2v) is 6.73. The first-order valence-corrected chi connectivity index (χ1v) is 8.21. The fourth-order valence-corrected chi connectivity index (χ4v) is 2.76. The Kier molecular flexibility index (Phi) is 5.35. The van der Waals surface area contributed by atoms with Crippen molar-refractivity contribution in [3.8, 4) is 0 Å². The van der Waals surface area contributed by atoms with Crippen molar-refractivity contribution < 1.29 is 0 Å². The third-order valence-electron chi connectivity index (χ3n) is 3.58. The smallest absolute Gasteiger partial charge is 0.0699 e. The predicted octanol–water partition coefficient (Wildman–Crippen LogP) is 6.45. The first-order chi connectivity index (χ1) is 10.0. The van der Waals surface area contributed by atoms with E-state index in [2.05, 4.69) is 67.9 Å². The molecule has 0 amide bonds. The van der Waals surface area contributed by atoms with Crippen LogP contribution < -0.4 is 0 Å². The highest BCUT2D eigenvalue weighted by Crippen LogP contribution is 2.34. The van der Waals surface area contributed by atoms with Crippen molar-refractivity contribution in [2.75, 3.05) is 0 Å². The zero-order valence-electron chi connectivity index (χ0n) is 13.1. The maximum Gasteiger partial charge on any atom is 0.0699 e. The summed E-state index contributed by atoms with van der Waals surface area (Å²) in [5, 5.41) is 0. The van der Waals surface area contributed by atoms with Crippen molar-refractivity contribution in [2.24, 2.45) is 4.99 Å². The second-order valence-electron chi connectivity index (χ2n) is 5.87. The van der Waals surface area contributed by atoms with Crippen molar-refractivity contribution >= 4 is 27.8 Å². The van der Waals surface area contributed by atoms with E-state index in [1.807, 2.05) is 24.4 Å². The van der Waals surface area contributed by atoms with Crippen LogP contribution >= 0.6 is 15.9 Å². The Balaban J connectivity index is 2.49. The van der Waals surface area contributed by atoms with Crippen LogP contribution in [0.5, 0.6) is 0 Å². The van der Waals surface area contributed by atoms with E-state index in [1.54, 1.807) is 0 Å². The van der Waals surface area contributed by atoms with E-state index in [9.17, 15) is 0 Å². The lowest BCUT2D eigenvalue weighted by molar-refractivity contribution is 0.835. The molecule has 0 saturated heterocycles. The van der Waals surface area contributed by atoms with Gasteiger partial charge in [-0.05, 0) is 29.0 Å². The van der Waals surface area contributed by atoms with Gasteiger partial charge in [0, 0.05) is 16.3 Å². The van der Waals surface area contributed by atoms with Gasteiger partial charge < -0.3 is 0 Å². The third kappa shape index (κ3) is 3.82. The summed E-state index contributed by atoms with van der Waals surface area (Å²) in [4.78, 5) is 4.82. The molecule has 0 atom stereocenters. The van der Waals surface area contributed by atoms with Crippen LogP contribution in [0.3, 0.4) is 0 Å². The molecular weight excluding hydrogens is 322 g/mol. The van der Waals surface area contributed by atoms with Crippen LogP contribution in [0.4, 0.5) is 5.69 Å². The largest absolute Gasteiger partial charge is 0.256 e. The molecule has 0 aliphatic heterocycles. The monoisotopic (exact) mass is 343 g/mol. The molecule has 0 spiro atoms. The molecule has 0 saturated carbocycles. The second kappa shape index (κ2) is 7.04. The van der Waals surface area contributed by atoms with Crippen LogP contribution in [0.15, 0.2) is 51.9 Å². The Labute approximate surface area is 136 Å². The summed E-state index contributed by atoms with van der Waals surface area (Å²) in [5.74, 6) is 0.935. The molecular formula is C19H22BrN. The Hall–Kier alpha value is -1.41. The lowest BCUT2D eigenvalue weighted by Gasteiger charge is -2.16. The number of hydrogen-bond acceptors (Lipinski definition) is 1. The van der Waals surface area contributed by atoms with Gasteiger partial charge >= 0.3 is 0 Å². The lowest BCUT2D eigenvalue weighted by Crippen LogP contribution is -1.95. The fourth-order valence-electron chi connectivity index (χ4n) is 2.37. The highest BCUT2D eigenvalue weighted by Gasteiger charge is 2.12. The van der Waals surface area contributed by atoms with Gasteiger partial charge in [0.05, 0.1) is 5.69 Å². The minimum Gasteiger partial charge on any atom is -0.256 e. The molecule has 21 heavy (non-hydrogen) atoms. The Bertz CT molecular complexity index is 616. The molecule has 0 fully saturated rings. The molecule has 2 aromatic rings. The Morgan fingerprint density at radius 1 is 0.857 bits per heavy atom. The van der Waals surface area contributed by atoms with Gasteiger partial charge in [0.2, 0.25) is 0 Å². The number of rotatable bonds is 4. The molecule has 0 radical (unpaired) electrons. The van der Waals surface area contributed by atoms with Gasteiger partial charge in [-0.25, -0.2) is 0 Å². The van der Waals surface area contributed by atoms with Gasteiger partial charge in [-0.2, -0.15) is 0 Å². The number of hydrogen-bond donors (Lipinski definition) is 0. The average Bonchev–Trinajstić information content (AvgIpc) is 2.45. The highest BCUT2D eigenvalue weighted by molar-refractivity contribution is 9.10. The first-order valence-electron chi connectivity index (χ1n) is 7.42.